The Hall–Kier alpha value is -2.30. The quantitative estimate of drug-likeness (QED) is 0.894. The van der Waals surface area contributed by atoms with E-state index in [9.17, 15) is 4.79 Å². The molecular formula is C14H18N4O. The van der Waals surface area contributed by atoms with Crippen LogP contribution in [-0.2, 0) is 7.05 Å². The zero-order valence-corrected chi connectivity index (χ0v) is 11.6. The van der Waals surface area contributed by atoms with Gasteiger partial charge in [-0.3, -0.25) is 9.48 Å². The van der Waals surface area contributed by atoms with Crippen LogP contribution >= 0.6 is 0 Å². The van der Waals surface area contributed by atoms with Gasteiger partial charge in [0.1, 0.15) is 5.69 Å². The number of hydrogen-bond donors (Lipinski definition) is 1. The molecule has 0 aliphatic heterocycles. The molecule has 1 aromatic heterocycles. The predicted molar refractivity (Wildman–Crippen MR) is 76.3 cm³/mol. The summed E-state index contributed by atoms with van der Waals surface area (Å²) in [7, 11) is 3.47. The molecule has 2 rings (SSSR count). The van der Waals surface area contributed by atoms with Crippen molar-refractivity contribution in [1.82, 2.24) is 9.78 Å². The first-order valence-corrected chi connectivity index (χ1v) is 6.06. The van der Waals surface area contributed by atoms with Crippen LogP contribution in [-0.4, -0.2) is 22.7 Å². The monoisotopic (exact) mass is 258 g/mol. The smallest absolute Gasteiger partial charge is 0.278 e. The molecule has 19 heavy (non-hydrogen) atoms. The molecule has 0 bridgehead atoms. The van der Waals surface area contributed by atoms with Gasteiger partial charge in [0.05, 0.1) is 11.4 Å². The molecule has 0 radical (unpaired) electrons. The molecule has 5 nitrogen and oxygen atoms in total. The van der Waals surface area contributed by atoms with Crippen molar-refractivity contribution in [3.63, 3.8) is 0 Å². The van der Waals surface area contributed by atoms with Crippen LogP contribution in [0, 0.1) is 13.8 Å². The van der Waals surface area contributed by atoms with Gasteiger partial charge in [-0.05, 0) is 25.5 Å². The molecule has 0 saturated heterocycles. The van der Waals surface area contributed by atoms with Crippen LogP contribution in [0.1, 0.15) is 21.7 Å². The van der Waals surface area contributed by atoms with Gasteiger partial charge in [-0.25, -0.2) is 0 Å². The molecule has 2 N–H and O–H groups in total. The van der Waals surface area contributed by atoms with E-state index in [-0.39, 0.29) is 5.91 Å². The molecule has 0 unspecified atom stereocenters. The number of carbonyl (C=O) groups excluding carboxylic acids is 1. The van der Waals surface area contributed by atoms with Gasteiger partial charge < -0.3 is 10.6 Å². The van der Waals surface area contributed by atoms with Gasteiger partial charge >= 0.3 is 0 Å². The fourth-order valence-electron chi connectivity index (χ4n) is 2.14. The van der Waals surface area contributed by atoms with Gasteiger partial charge in [0, 0.05) is 19.8 Å². The first-order chi connectivity index (χ1) is 8.93. The Balaban J connectivity index is 2.42. The normalized spacial score (nSPS) is 10.5. The van der Waals surface area contributed by atoms with E-state index < -0.39 is 0 Å². The zero-order valence-electron chi connectivity index (χ0n) is 11.6. The van der Waals surface area contributed by atoms with Crippen LogP contribution in [0.25, 0.3) is 0 Å². The second kappa shape index (κ2) is 4.76. The minimum Gasteiger partial charge on any atom is -0.395 e. The Morgan fingerprint density at radius 1 is 1.32 bits per heavy atom. The van der Waals surface area contributed by atoms with Crippen LogP contribution in [0.15, 0.2) is 24.3 Å². The maximum atomic E-state index is 12.5. The van der Waals surface area contributed by atoms with Crippen LogP contribution in [0.4, 0.5) is 11.4 Å². The highest BCUT2D eigenvalue weighted by Crippen LogP contribution is 2.23. The van der Waals surface area contributed by atoms with Crippen molar-refractivity contribution < 1.29 is 4.79 Å². The van der Waals surface area contributed by atoms with Crippen LogP contribution < -0.4 is 10.6 Å². The Bertz CT molecular complexity index is 630. The van der Waals surface area contributed by atoms with E-state index in [0.717, 1.165) is 11.3 Å². The lowest BCUT2D eigenvalue weighted by atomic mass is 10.1. The highest BCUT2D eigenvalue weighted by Gasteiger charge is 2.22. The summed E-state index contributed by atoms with van der Waals surface area (Å²) < 4.78 is 1.53. The Kier molecular flexibility index (Phi) is 3.29. The van der Waals surface area contributed by atoms with Crippen molar-refractivity contribution in [2.75, 3.05) is 17.7 Å². The third-order valence-corrected chi connectivity index (χ3v) is 3.25. The molecule has 1 aromatic carbocycles. The van der Waals surface area contributed by atoms with E-state index in [0.29, 0.717) is 17.1 Å². The summed E-state index contributed by atoms with van der Waals surface area (Å²) in [5.41, 5.74) is 9.36. The lowest BCUT2D eigenvalue weighted by Gasteiger charge is -2.19. The van der Waals surface area contributed by atoms with E-state index >= 15 is 0 Å². The van der Waals surface area contributed by atoms with Gasteiger partial charge in [-0.2, -0.15) is 5.10 Å². The number of hydrogen-bond acceptors (Lipinski definition) is 3. The van der Waals surface area contributed by atoms with Crippen LogP contribution in [0.3, 0.4) is 0 Å². The minimum absolute atomic E-state index is 0.157. The molecule has 0 spiro atoms. The third-order valence-electron chi connectivity index (χ3n) is 3.25. The number of amides is 1. The molecule has 0 fully saturated rings. The van der Waals surface area contributed by atoms with E-state index in [4.69, 9.17) is 5.73 Å². The van der Waals surface area contributed by atoms with E-state index in [1.165, 1.54) is 4.68 Å². The SMILES string of the molecule is Cc1ccccc1N(C)C(=O)c1c(N)c(C)nn1C. The maximum Gasteiger partial charge on any atom is 0.278 e. The van der Waals surface area contributed by atoms with Gasteiger partial charge in [0.25, 0.3) is 5.91 Å². The number of rotatable bonds is 2. The largest absolute Gasteiger partial charge is 0.395 e. The lowest BCUT2D eigenvalue weighted by molar-refractivity contribution is 0.0985. The molecule has 0 saturated carbocycles. The van der Waals surface area contributed by atoms with Crippen molar-refractivity contribution in [3.05, 3.63) is 41.2 Å². The maximum absolute atomic E-state index is 12.5. The summed E-state index contributed by atoms with van der Waals surface area (Å²) in [5, 5.41) is 4.17. The Labute approximate surface area is 112 Å². The summed E-state index contributed by atoms with van der Waals surface area (Å²) in [6.45, 7) is 3.76. The van der Waals surface area contributed by atoms with Crippen molar-refractivity contribution in [1.29, 1.82) is 0 Å². The number of carbonyl (C=O) groups is 1. The summed E-state index contributed by atoms with van der Waals surface area (Å²) >= 11 is 0. The molecule has 0 aliphatic carbocycles. The van der Waals surface area contributed by atoms with Crippen molar-refractivity contribution in [2.45, 2.75) is 13.8 Å². The number of anilines is 2. The minimum atomic E-state index is -0.157. The zero-order chi connectivity index (χ0) is 14.2. The number of nitrogen functional groups attached to an aromatic ring is 1. The molecule has 100 valence electrons. The number of aryl methyl sites for hydroxylation is 3. The molecular weight excluding hydrogens is 240 g/mol. The van der Waals surface area contributed by atoms with E-state index in [1.54, 1.807) is 25.9 Å². The second-order valence-corrected chi connectivity index (χ2v) is 4.62. The molecule has 1 amide bonds. The number of nitrogens with two attached hydrogens (primary N) is 1. The first-order valence-electron chi connectivity index (χ1n) is 6.06. The summed E-state index contributed by atoms with van der Waals surface area (Å²) in [6.07, 6.45) is 0. The predicted octanol–water partition coefficient (Wildman–Crippen LogP) is 1.90. The lowest BCUT2D eigenvalue weighted by Crippen LogP contribution is -2.29. The average molecular weight is 258 g/mol. The van der Waals surface area contributed by atoms with Gasteiger partial charge in [-0.15, -0.1) is 0 Å². The fraction of sp³-hybridized carbons (Fsp3) is 0.286. The van der Waals surface area contributed by atoms with Gasteiger partial charge in [0.15, 0.2) is 0 Å². The van der Waals surface area contributed by atoms with Gasteiger partial charge in [-0.1, -0.05) is 18.2 Å². The molecule has 1 heterocycles. The second-order valence-electron chi connectivity index (χ2n) is 4.62. The average Bonchev–Trinajstić information content (AvgIpc) is 2.62. The Morgan fingerprint density at radius 3 is 2.47 bits per heavy atom. The standard InChI is InChI=1S/C14H18N4O/c1-9-7-5-6-8-11(9)17(3)14(19)13-12(15)10(2)16-18(13)4/h5-8H,15H2,1-4H3. The first kappa shape index (κ1) is 13.1. The number of aromatic nitrogens is 2. The van der Waals surface area contributed by atoms with Crippen molar-refractivity contribution in [2.24, 2.45) is 7.05 Å². The van der Waals surface area contributed by atoms with Crippen LogP contribution in [0.5, 0.6) is 0 Å². The fourth-order valence-corrected chi connectivity index (χ4v) is 2.14. The summed E-state index contributed by atoms with van der Waals surface area (Å²) in [6, 6.07) is 7.73. The summed E-state index contributed by atoms with van der Waals surface area (Å²) in [5.74, 6) is -0.157. The third kappa shape index (κ3) is 2.19. The topological polar surface area (TPSA) is 64.2 Å². The summed E-state index contributed by atoms with van der Waals surface area (Å²) in [4.78, 5) is 14.1. The van der Waals surface area contributed by atoms with E-state index in [2.05, 4.69) is 5.10 Å². The van der Waals surface area contributed by atoms with Crippen molar-refractivity contribution in [3.8, 4) is 0 Å². The van der Waals surface area contributed by atoms with Gasteiger partial charge in [0.2, 0.25) is 0 Å². The molecule has 2 aromatic rings. The van der Waals surface area contributed by atoms with Crippen molar-refractivity contribution >= 4 is 17.3 Å². The Morgan fingerprint density at radius 2 is 1.95 bits per heavy atom. The molecule has 5 heteroatoms. The van der Waals surface area contributed by atoms with E-state index in [1.807, 2.05) is 31.2 Å². The number of nitrogens with zero attached hydrogens (tertiary/aromatic N) is 3. The molecule has 0 atom stereocenters. The highest BCUT2D eigenvalue weighted by atomic mass is 16.2. The molecule has 0 aliphatic rings. The highest BCUT2D eigenvalue weighted by molar-refractivity contribution is 6.08. The van der Waals surface area contributed by atoms with Crippen LogP contribution in [0.2, 0.25) is 0 Å². The number of benzene rings is 1. The number of para-hydroxylation sites is 1.